The number of carbonyl (C=O) groups is 1. The van der Waals surface area contributed by atoms with Crippen molar-refractivity contribution in [2.45, 2.75) is 4.90 Å². The molecule has 0 radical (unpaired) electrons. The van der Waals surface area contributed by atoms with E-state index in [0.717, 1.165) is 17.0 Å². The van der Waals surface area contributed by atoms with E-state index in [4.69, 9.17) is 4.74 Å². The second kappa shape index (κ2) is 6.52. The van der Waals surface area contributed by atoms with Gasteiger partial charge in [-0.1, -0.05) is 12.1 Å². The van der Waals surface area contributed by atoms with Crippen LogP contribution in [0.2, 0.25) is 0 Å². The van der Waals surface area contributed by atoms with Gasteiger partial charge in [0, 0.05) is 4.90 Å². The first kappa shape index (κ1) is 14.5. The monoisotopic (exact) mass is 294 g/mol. The maximum atomic E-state index is 13.5. The Labute approximate surface area is 119 Å². The van der Waals surface area contributed by atoms with Gasteiger partial charge in [0.1, 0.15) is 17.4 Å². The molecule has 0 aliphatic carbocycles. The number of halogens is 2. The summed E-state index contributed by atoms with van der Waals surface area (Å²) in [5, 5.41) is 0. The Morgan fingerprint density at radius 1 is 1.15 bits per heavy atom. The lowest BCUT2D eigenvalue weighted by atomic mass is 10.1. The zero-order valence-corrected chi connectivity index (χ0v) is 11.5. The maximum absolute atomic E-state index is 13.5. The van der Waals surface area contributed by atoms with E-state index in [0.29, 0.717) is 5.75 Å². The van der Waals surface area contributed by atoms with Crippen LogP contribution in [0.1, 0.15) is 10.4 Å². The molecule has 5 heteroatoms. The molecule has 0 amide bonds. The smallest absolute Gasteiger partial charge is 0.178 e. The van der Waals surface area contributed by atoms with Gasteiger partial charge < -0.3 is 4.74 Å². The minimum atomic E-state index is -0.832. The van der Waals surface area contributed by atoms with Crippen LogP contribution in [-0.2, 0) is 0 Å². The predicted octanol–water partition coefficient (Wildman–Crippen LogP) is 3.95. The minimum Gasteiger partial charge on any atom is -0.497 e. The predicted molar refractivity (Wildman–Crippen MR) is 74.4 cm³/mol. The average molecular weight is 294 g/mol. The summed E-state index contributed by atoms with van der Waals surface area (Å²) in [6.07, 6.45) is 0. The van der Waals surface area contributed by atoms with E-state index in [1.54, 1.807) is 31.4 Å². The van der Waals surface area contributed by atoms with Crippen LogP contribution in [-0.4, -0.2) is 18.6 Å². The van der Waals surface area contributed by atoms with Crippen LogP contribution in [0.15, 0.2) is 47.4 Å². The van der Waals surface area contributed by atoms with Crippen molar-refractivity contribution in [2.24, 2.45) is 0 Å². The molecule has 0 saturated heterocycles. The number of hydrogen-bond acceptors (Lipinski definition) is 3. The topological polar surface area (TPSA) is 26.3 Å². The van der Waals surface area contributed by atoms with Crippen LogP contribution in [0.25, 0.3) is 0 Å². The van der Waals surface area contributed by atoms with Gasteiger partial charge in [0.05, 0.1) is 18.4 Å². The number of hydrogen-bond donors (Lipinski definition) is 0. The van der Waals surface area contributed by atoms with E-state index in [1.165, 1.54) is 17.8 Å². The molecule has 2 aromatic rings. The summed E-state index contributed by atoms with van der Waals surface area (Å²) in [6.45, 7) is 0. The van der Waals surface area contributed by atoms with Crippen LogP contribution in [0.5, 0.6) is 5.75 Å². The van der Waals surface area contributed by atoms with Crippen molar-refractivity contribution < 1.29 is 18.3 Å². The number of thioether (sulfide) groups is 1. The third-order valence-electron chi connectivity index (χ3n) is 2.65. The quantitative estimate of drug-likeness (QED) is 0.617. The Morgan fingerprint density at radius 3 is 2.45 bits per heavy atom. The van der Waals surface area contributed by atoms with Crippen molar-refractivity contribution in [3.05, 3.63) is 59.7 Å². The summed E-state index contributed by atoms with van der Waals surface area (Å²) in [4.78, 5) is 12.7. The highest BCUT2D eigenvalue weighted by molar-refractivity contribution is 8.00. The highest BCUT2D eigenvalue weighted by Crippen LogP contribution is 2.24. The highest BCUT2D eigenvalue weighted by atomic mass is 32.2. The molecule has 2 nitrogen and oxygen atoms in total. The number of carbonyl (C=O) groups excluding carboxylic acids is 1. The first-order chi connectivity index (χ1) is 9.61. The molecule has 2 rings (SSSR count). The lowest BCUT2D eigenvalue weighted by Crippen LogP contribution is -2.08. The molecule has 104 valence electrons. The summed E-state index contributed by atoms with van der Waals surface area (Å²) in [7, 11) is 1.55. The standard InChI is InChI=1S/C15H12F2O2S/c1-19-10-4-2-5-11(8-10)20-9-14(18)15-12(16)6-3-7-13(15)17/h2-8H,9H2,1H3. The summed E-state index contributed by atoms with van der Waals surface area (Å²) >= 11 is 1.21. The Balaban J connectivity index is 2.09. The molecule has 2 aromatic carbocycles. The van der Waals surface area contributed by atoms with Crippen molar-refractivity contribution in [1.82, 2.24) is 0 Å². The third kappa shape index (κ3) is 3.36. The Hall–Kier alpha value is -1.88. The van der Waals surface area contributed by atoms with E-state index in [-0.39, 0.29) is 5.75 Å². The van der Waals surface area contributed by atoms with Crippen molar-refractivity contribution in [1.29, 1.82) is 0 Å². The first-order valence-electron chi connectivity index (χ1n) is 5.86. The van der Waals surface area contributed by atoms with Crippen LogP contribution in [0, 0.1) is 11.6 Å². The van der Waals surface area contributed by atoms with Crippen molar-refractivity contribution >= 4 is 17.5 Å². The molecule has 0 aromatic heterocycles. The van der Waals surface area contributed by atoms with Crippen LogP contribution in [0.4, 0.5) is 8.78 Å². The molecule has 0 unspecified atom stereocenters. The Bertz CT molecular complexity index is 609. The van der Waals surface area contributed by atoms with Gasteiger partial charge >= 0.3 is 0 Å². The Morgan fingerprint density at radius 2 is 1.80 bits per heavy atom. The van der Waals surface area contributed by atoms with Gasteiger partial charge in [0.15, 0.2) is 5.78 Å². The van der Waals surface area contributed by atoms with E-state index in [1.807, 2.05) is 0 Å². The van der Waals surface area contributed by atoms with E-state index in [2.05, 4.69) is 0 Å². The summed E-state index contributed by atoms with van der Waals surface area (Å²) in [5.74, 6) is -1.61. The number of ketones is 1. The second-order valence-electron chi connectivity index (χ2n) is 3.99. The van der Waals surface area contributed by atoms with Crippen LogP contribution >= 0.6 is 11.8 Å². The fourth-order valence-electron chi connectivity index (χ4n) is 1.68. The first-order valence-corrected chi connectivity index (χ1v) is 6.84. The SMILES string of the molecule is COc1cccc(SCC(=O)c2c(F)cccc2F)c1. The molecule has 0 spiro atoms. The fraction of sp³-hybridized carbons (Fsp3) is 0.133. The largest absolute Gasteiger partial charge is 0.497 e. The van der Waals surface area contributed by atoms with Gasteiger partial charge in [0.25, 0.3) is 0 Å². The molecule has 0 heterocycles. The molecular formula is C15H12F2O2S. The van der Waals surface area contributed by atoms with Crippen molar-refractivity contribution in [2.75, 3.05) is 12.9 Å². The lowest BCUT2D eigenvalue weighted by Gasteiger charge is -2.05. The van der Waals surface area contributed by atoms with Gasteiger partial charge in [-0.25, -0.2) is 8.78 Å². The van der Waals surface area contributed by atoms with Crippen molar-refractivity contribution in [3.63, 3.8) is 0 Å². The van der Waals surface area contributed by atoms with E-state index < -0.39 is 23.0 Å². The molecular weight excluding hydrogens is 282 g/mol. The molecule has 0 bridgehead atoms. The number of Topliss-reactive ketones (excluding diaryl/α,β-unsaturated/α-hetero) is 1. The van der Waals surface area contributed by atoms with Gasteiger partial charge in [-0.2, -0.15) is 0 Å². The average Bonchev–Trinajstić information content (AvgIpc) is 2.45. The van der Waals surface area contributed by atoms with Gasteiger partial charge in [0.2, 0.25) is 0 Å². The molecule has 0 saturated carbocycles. The number of methoxy groups -OCH3 is 1. The number of rotatable bonds is 5. The van der Waals surface area contributed by atoms with Crippen LogP contribution < -0.4 is 4.74 Å². The number of ether oxygens (including phenoxy) is 1. The van der Waals surface area contributed by atoms with Gasteiger partial charge in [-0.3, -0.25) is 4.79 Å². The van der Waals surface area contributed by atoms with Crippen molar-refractivity contribution in [3.8, 4) is 5.75 Å². The third-order valence-corrected chi connectivity index (χ3v) is 3.65. The summed E-state index contributed by atoms with van der Waals surface area (Å²) < 4.78 is 32.0. The van der Waals surface area contributed by atoms with Gasteiger partial charge in [-0.05, 0) is 30.3 Å². The van der Waals surface area contributed by atoms with E-state index >= 15 is 0 Å². The minimum absolute atomic E-state index is 0.0367. The molecule has 0 aliphatic rings. The van der Waals surface area contributed by atoms with Crippen LogP contribution in [0.3, 0.4) is 0 Å². The lowest BCUT2D eigenvalue weighted by molar-refractivity contribution is 0.101. The summed E-state index contributed by atoms with van der Waals surface area (Å²) in [6, 6.07) is 10.5. The van der Waals surface area contributed by atoms with Gasteiger partial charge in [-0.15, -0.1) is 11.8 Å². The zero-order valence-electron chi connectivity index (χ0n) is 10.7. The second-order valence-corrected chi connectivity index (χ2v) is 5.04. The molecule has 0 N–H and O–H groups in total. The maximum Gasteiger partial charge on any atom is 0.178 e. The zero-order chi connectivity index (χ0) is 14.5. The fourth-order valence-corrected chi connectivity index (χ4v) is 2.49. The molecule has 0 fully saturated rings. The Kier molecular flexibility index (Phi) is 4.74. The molecule has 0 aliphatic heterocycles. The molecule has 0 atom stereocenters. The summed E-state index contributed by atoms with van der Waals surface area (Å²) in [5.41, 5.74) is -0.483. The normalized spacial score (nSPS) is 10.3. The van der Waals surface area contributed by atoms with E-state index in [9.17, 15) is 13.6 Å². The molecule has 20 heavy (non-hydrogen) atoms. The highest BCUT2D eigenvalue weighted by Gasteiger charge is 2.16. The number of benzene rings is 2.